The molecule has 0 aliphatic heterocycles. The predicted molar refractivity (Wildman–Crippen MR) is 167 cm³/mol. The Morgan fingerprint density at radius 1 is 0.721 bits per heavy atom. The van der Waals surface area contributed by atoms with Crippen LogP contribution in [-0.2, 0) is 38.4 Å². The van der Waals surface area contributed by atoms with Gasteiger partial charge in [0.25, 0.3) is 0 Å². The highest BCUT2D eigenvalue weighted by Crippen LogP contribution is 2.29. The molecule has 1 unspecified atom stereocenters. The third kappa shape index (κ3) is 23.7. The Morgan fingerprint density at radius 3 is 1.91 bits per heavy atom. The standard InChI is InChI=1S/C34H59NO8/c1-6-8-9-10-11-12-13-14-15-18-22-40-32(37)30(7-2)26-34(4,5)33(38)41-24-20-23-39-31(36)21-17-16-19-25-42-43-28-29(3)27-35/h30H,3,6-26,28H2,1-2,4-5H3. The zero-order valence-corrected chi connectivity index (χ0v) is 27.6. The largest absolute Gasteiger partial charge is 0.466 e. The Labute approximate surface area is 260 Å². The van der Waals surface area contributed by atoms with Crippen LogP contribution >= 0.6 is 0 Å². The second kappa shape index (κ2) is 27.1. The average molecular weight is 610 g/mol. The summed E-state index contributed by atoms with van der Waals surface area (Å²) in [5.74, 6) is -1.26. The molecule has 0 bridgehead atoms. The highest BCUT2D eigenvalue weighted by molar-refractivity contribution is 5.78. The van der Waals surface area contributed by atoms with Gasteiger partial charge in [-0.15, -0.1) is 0 Å². The summed E-state index contributed by atoms with van der Waals surface area (Å²) in [5, 5.41) is 8.56. The fourth-order valence-electron chi connectivity index (χ4n) is 4.46. The molecule has 9 heteroatoms. The number of ether oxygens (including phenoxy) is 3. The average Bonchev–Trinajstić information content (AvgIpc) is 2.99. The van der Waals surface area contributed by atoms with E-state index in [4.69, 9.17) is 29.2 Å². The first-order valence-corrected chi connectivity index (χ1v) is 16.5. The first-order valence-electron chi connectivity index (χ1n) is 16.5. The van der Waals surface area contributed by atoms with E-state index in [-0.39, 0.29) is 49.2 Å². The Morgan fingerprint density at radius 2 is 1.28 bits per heavy atom. The molecule has 0 aliphatic carbocycles. The lowest BCUT2D eigenvalue weighted by atomic mass is 9.81. The zero-order chi connectivity index (χ0) is 32.2. The number of nitriles is 1. The van der Waals surface area contributed by atoms with Crippen molar-refractivity contribution in [3.63, 3.8) is 0 Å². The smallest absolute Gasteiger partial charge is 0.311 e. The highest BCUT2D eigenvalue weighted by atomic mass is 17.2. The predicted octanol–water partition coefficient (Wildman–Crippen LogP) is 7.96. The lowest BCUT2D eigenvalue weighted by Gasteiger charge is -2.26. The molecular formula is C34H59NO8. The van der Waals surface area contributed by atoms with Gasteiger partial charge in [-0.05, 0) is 46.0 Å². The summed E-state index contributed by atoms with van der Waals surface area (Å²) in [6, 6.07) is 1.86. The number of carbonyl (C=O) groups excluding carboxylic acids is 3. The van der Waals surface area contributed by atoms with Crippen LogP contribution in [-0.4, -0.2) is 50.9 Å². The fraction of sp³-hybridized carbons (Fsp3) is 0.824. The van der Waals surface area contributed by atoms with E-state index in [9.17, 15) is 14.4 Å². The number of hydrogen-bond acceptors (Lipinski definition) is 9. The lowest BCUT2D eigenvalue weighted by molar-refractivity contribution is -0.287. The maximum atomic E-state index is 12.7. The van der Waals surface area contributed by atoms with Crippen molar-refractivity contribution in [1.82, 2.24) is 0 Å². The first-order chi connectivity index (χ1) is 20.7. The van der Waals surface area contributed by atoms with Crippen LogP contribution < -0.4 is 0 Å². The molecule has 248 valence electrons. The molecule has 0 aliphatic rings. The van der Waals surface area contributed by atoms with E-state index in [0.717, 1.165) is 19.3 Å². The number of nitrogens with zero attached hydrogens (tertiary/aromatic N) is 1. The van der Waals surface area contributed by atoms with Gasteiger partial charge < -0.3 is 14.2 Å². The van der Waals surface area contributed by atoms with Crippen LogP contribution in [0.25, 0.3) is 0 Å². The van der Waals surface area contributed by atoms with Crippen LogP contribution in [0.3, 0.4) is 0 Å². The molecule has 43 heavy (non-hydrogen) atoms. The zero-order valence-electron chi connectivity index (χ0n) is 27.6. The molecule has 0 fully saturated rings. The van der Waals surface area contributed by atoms with Gasteiger partial charge in [-0.25, -0.2) is 9.78 Å². The molecule has 0 radical (unpaired) electrons. The first kappa shape index (κ1) is 40.6. The van der Waals surface area contributed by atoms with Crippen molar-refractivity contribution in [2.75, 3.05) is 33.0 Å². The van der Waals surface area contributed by atoms with E-state index in [2.05, 4.69) is 13.5 Å². The number of hydrogen-bond donors (Lipinski definition) is 0. The number of esters is 3. The van der Waals surface area contributed by atoms with Crippen molar-refractivity contribution in [3.05, 3.63) is 12.2 Å². The van der Waals surface area contributed by atoms with Crippen LogP contribution in [0.15, 0.2) is 12.2 Å². The summed E-state index contributed by atoms with van der Waals surface area (Å²) in [4.78, 5) is 47.0. The van der Waals surface area contributed by atoms with Crippen LogP contribution in [0.5, 0.6) is 0 Å². The molecule has 0 aromatic rings. The van der Waals surface area contributed by atoms with Gasteiger partial charge in [0.05, 0.1) is 49.4 Å². The van der Waals surface area contributed by atoms with Crippen LogP contribution in [0.4, 0.5) is 0 Å². The van der Waals surface area contributed by atoms with E-state index in [1.165, 1.54) is 51.4 Å². The van der Waals surface area contributed by atoms with Crippen LogP contribution in [0.2, 0.25) is 0 Å². The molecule has 9 nitrogen and oxygen atoms in total. The summed E-state index contributed by atoms with van der Waals surface area (Å²) in [6.07, 6.45) is 16.1. The van der Waals surface area contributed by atoms with Gasteiger partial charge >= 0.3 is 17.9 Å². The SMILES string of the molecule is C=C(C#N)COOCCCCCC(=O)OCCCOC(=O)C(C)(C)CC(CC)C(=O)OCCCCCCCCCCCC. The Balaban J connectivity index is 3.95. The fourth-order valence-corrected chi connectivity index (χ4v) is 4.46. The Bertz CT molecular complexity index is 805. The van der Waals surface area contributed by atoms with E-state index >= 15 is 0 Å². The number of unbranched alkanes of at least 4 members (excludes halogenated alkanes) is 11. The summed E-state index contributed by atoms with van der Waals surface area (Å²) in [7, 11) is 0. The Hall–Kier alpha value is -2.44. The molecule has 0 heterocycles. The van der Waals surface area contributed by atoms with Crippen molar-refractivity contribution >= 4 is 17.9 Å². The lowest BCUT2D eigenvalue weighted by Crippen LogP contribution is -2.32. The normalized spacial score (nSPS) is 11.9. The van der Waals surface area contributed by atoms with E-state index in [1.54, 1.807) is 13.8 Å². The topological polar surface area (TPSA) is 121 Å². The van der Waals surface area contributed by atoms with Crippen molar-refractivity contribution in [2.45, 2.75) is 137 Å². The second-order valence-electron chi connectivity index (χ2n) is 11.9. The van der Waals surface area contributed by atoms with E-state index in [1.807, 2.05) is 13.0 Å². The summed E-state index contributed by atoms with van der Waals surface area (Å²) < 4.78 is 16.2. The van der Waals surface area contributed by atoms with Crippen molar-refractivity contribution in [2.24, 2.45) is 11.3 Å². The van der Waals surface area contributed by atoms with Crippen molar-refractivity contribution in [1.29, 1.82) is 5.26 Å². The van der Waals surface area contributed by atoms with Gasteiger partial charge in [0.1, 0.15) is 6.61 Å². The minimum atomic E-state index is -0.827. The van der Waals surface area contributed by atoms with Gasteiger partial charge in [0.15, 0.2) is 0 Å². The summed E-state index contributed by atoms with van der Waals surface area (Å²) >= 11 is 0. The van der Waals surface area contributed by atoms with Crippen LogP contribution in [0, 0.1) is 22.7 Å². The van der Waals surface area contributed by atoms with Gasteiger partial charge in [0, 0.05) is 12.8 Å². The van der Waals surface area contributed by atoms with Gasteiger partial charge in [-0.3, -0.25) is 14.4 Å². The minimum Gasteiger partial charge on any atom is -0.466 e. The second-order valence-corrected chi connectivity index (χ2v) is 11.9. The van der Waals surface area contributed by atoms with Gasteiger partial charge in [-0.2, -0.15) is 5.26 Å². The monoisotopic (exact) mass is 609 g/mol. The molecule has 0 spiro atoms. The molecule has 0 saturated carbocycles. The molecule has 0 N–H and O–H groups in total. The molecule has 1 atom stereocenters. The van der Waals surface area contributed by atoms with Crippen molar-refractivity contribution in [3.8, 4) is 6.07 Å². The number of rotatable bonds is 29. The number of carbonyl (C=O) groups is 3. The third-order valence-electron chi connectivity index (χ3n) is 7.25. The molecule has 0 saturated heterocycles. The molecule has 0 aromatic heterocycles. The third-order valence-corrected chi connectivity index (χ3v) is 7.25. The molecule has 0 rings (SSSR count). The summed E-state index contributed by atoms with van der Waals surface area (Å²) in [5.41, 5.74) is -0.537. The van der Waals surface area contributed by atoms with E-state index < -0.39 is 5.41 Å². The molecule has 0 aromatic carbocycles. The van der Waals surface area contributed by atoms with E-state index in [0.29, 0.717) is 51.7 Å². The Kier molecular flexibility index (Phi) is 25.6. The van der Waals surface area contributed by atoms with Crippen molar-refractivity contribution < 1.29 is 38.4 Å². The highest BCUT2D eigenvalue weighted by Gasteiger charge is 2.35. The van der Waals surface area contributed by atoms with Gasteiger partial charge in [-0.1, -0.05) is 84.6 Å². The minimum absolute atomic E-state index is 0.0447. The quantitative estimate of drug-likeness (QED) is 0.0208. The molecule has 0 amide bonds. The van der Waals surface area contributed by atoms with Gasteiger partial charge in [0.2, 0.25) is 0 Å². The maximum absolute atomic E-state index is 12.7. The maximum Gasteiger partial charge on any atom is 0.311 e. The summed E-state index contributed by atoms with van der Waals surface area (Å²) in [6.45, 7) is 12.4. The molecular weight excluding hydrogens is 550 g/mol. The van der Waals surface area contributed by atoms with Crippen LogP contribution in [0.1, 0.15) is 137 Å².